The first-order chi connectivity index (χ1) is 12.1. The number of hydrogen-bond acceptors (Lipinski definition) is 4. The number of aromatic amines is 1. The van der Waals surface area contributed by atoms with E-state index in [4.69, 9.17) is 0 Å². The third-order valence-corrected chi connectivity index (χ3v) is 4.42. The van der Waals surface area contributed by atoms with Crippen LogP contribution in [0.3, 0.4) is 0 Å². The minimum Gasteiger partial charge on any atom is -0.310 e. The van der Waals surface area contributed by atoms with Crippen LogP contribution in [0.5, 0.6) is 0 Å². The van der Waals surface area contributed by atoms with E-state index in [9.17, 15) is 13.2 Å². The van der Waals surface area contributed by atoms with E-state index in [0.29, 0.717) is 42.4 Å². The molecule has 0 aliphatic carbocycles. The molecule has 3 aromatic rings. The first-order valence-corrected chi connectivity index (χ1v) is 7.74. The third kappa shape index (κ3) is 1.95. The number of nitrogens with one attached hydrogen (secondary N) is 1. The molecular formula is C16H11F3N6. The van der Waals surface area contributed by atoms with E-state index in [2.05, 4.69) is 20.3 Å². The molecule has 9 heteroatoms. The topological polar surface area (TPSA) is 62.1 Å². The van der Waals surface area contributed by atoms with Gasteiger partial charge in [0, 0.05) is 25.2 Å². The highest BCUT2D eigenvalue weighted by Crippen LogP contribution is 2.41. The molecule has 1 aromatic carbocycles. The maximum atomic E-state index is 14.4. The zero-order valence-electron chi connectivity index (χ0n) is 12.8. The summed E-state index contributed by atoms with van der Waals surface area (Å²) in [6.45, 7) is 1.21. The molecule has 2 aliphatic heterocycles. The Labute approximate surface area is 139 Å². The van der Waals surface area contributed by atoms with E-state index in [1.54, 1.807) is 15.8 Å². The molecule has 1 N–H and O–H groups in total. The molecule has 25 heavy (non-hydrogen) atoms. The van der Waals surface area contributed by atoms with Crippen molar-refractivity contribution in [1.82, 2.24) is 20.0 Å². The summed E-state index contributed by atoms with van der Waals surface area (Å²) in [4.78, 5) is 6.16. The van der Waals surface area contributed by atoms with Gasteiger partial charge in [0.25, 0.3) is 0 Å². The Hall–Kier alpha value is -3.10. The van der Waals surface area contributed by atoms with Crippen molar-refractivity contribution in [2.45, 2.75) is 13.0 Å². The minimum atomic E-state index is -0.999. The normalized spacial score (nSPS) is 15.5. The van der Waals surface area contributed by atoms with Crippen molar-refractivity contribution in [3.05, 3.63) is 47.5 Å². The van der Waals surface area contributed by atoms with Crippen molar-refractivity contribution >= 4 is 17.3 Å². The monoisotopic (exact) mass is 344 g/mol. The van der Waals surface area contributed by atoms with Crippen molar-refractivity contribution < 1.29 is 13.2 Å². The first kappa shape index (κ1) is 14.3. The van der Waals surface area contributed by atoms with Gasteiger partial charge in [-0.1, -0.05) is 0 Å². The van der Waals surface area contributed by atoms with Crippen LogP contribution in [0.25, 0.3) is 11.3 Å². The van der Waals surface area contributed by atoms with Crippen molar-refractivity contribution in [2.75, 3.05) is 11.4 Å². The summed E-state index contributed by atoms with van der Waals surface area (Å²) in [5, 5.41) is 11.2. The highest BCUT2D eigenvalue weighted by molar-refractivity contribution is 6.14. The second-order valence-electron chi connectivity index (χ2n) is 5.92. The fourth-order valence-corrected chi connectivity index (χ4v) is 3.38. The van der Waals surface area contributed by atoms with Crippen LogP contribution in [-0.2, 0) is 6.54 Å². The number of amidine groups is 1. The molecule has 0 radical (unpaired) electrons. The van der Waals surface area contributed by atoms with Crippen molar-refractivity contribution in [3.8, 4) is 11.3 Å². The maximum absolute atomic E-state index is 14.4. The van der Waals surface area contributed by atoms with Crippen LogP contribution in [0.15, 0.2) is 29.5 Å². The molecule has 2 aliphatic rings. The van der Waals surface area contributed by atoms with Gasteiger partial charge >= 0.3 is 0 Å². The van der Waals surface area contributed by atoms with Gasteiger partial charge in [0.1, 0.15) is 34.8 Å². The summed E-state index contributed by atoms with van der Waals surface area (Å²) in [5.41, 5.74) is 1.47. The predicted molar refractivity (Wildman–Crippen MR) is 84.3 cm³/mol. The number of nitrogens with zero attached hydrogens (tertiary/aromatic N) is 5. The van der Waals surface area contributed by atoms with Crippen molar-refractivity contribution in [2.24, 2.45) is 4.99 Å². The highest BCUT2D eigenvalue weighted by atomic mass is 19.1. The molecular weight excluding hydrogens is 333 g/mol. The summed E-state index contributed by atoms with van der Waals surface area (Å²) in [6, 6.07) is 1.31. The number of aliphatic imine (C=N–C) groups is 1. The summed E-state index contributed by atoms with van der Waals surface area (Å²) >= 11 is 0. The molecule has 5 rings (SSSR count). The fraction of sp³-hybridized carbons (Fsp3) is 0.188. The van der Waals surface area contributed by atoms with Gasteiger partial charge in [-0.3, -0.25) is 5.10 Å². The SMILES string of the molecule is Fc1cc(F)c(C2=Nc3cn[nH]c3-c3cnn4c3N2CCC4)c(F)c1. The van der Waals surface area contributed by atoms with Crippen LogP contribution in [-0.4, -0.2) is 32.4 Å². The van der Waals surface area contributed by atoms with Crippen LogP contribution in [0, 0.1) is 17.5 Å². The Balaban J connectivity index is 1.83. The van der Waals surface area contributed by atoms with E-state index in [1.807, 2.05) is 0 Å². The largest absolute Gasteiger partial charge is 0.310 e. The Bertz CT molecular complexity index is 1010. The van der Waals surface area contributed by atoms with Gasteiger partial charge in [-0.05, 0) is 6.42 Å². The predicted octanol–water partition coefficient (Wildman–Crippen LogP) is 2.99. The van der Waals surface area contributed by atoms with Gasteiger partial charge in [0.05, 0.1) is 29.2 Å². The summed E-state index contributed by atoms with van der Waals surface area (Å²) in [7, 11) is 0. The molecule has 6 nitrogen and oxygen atoms in total. The van der Waals surface area contributed by atoms with Crippen LogP contribution >= 0.6 is 0 Å². The number of aryl methyl sites for hydroxylation is 1. The standard InChI is InChI=1S/C16H11F3N6/c17-8-4-10(18)13(11(19)5-8)15-22-12-7-20-23-14(12)9-6-21-25-3-1-2-24(15)16(9)25/h4-7H,1-3H2,(H,20,23). The number of fused-ring (bicyclic) bond motifs is 2. The summed E-state index contributed by atoms with van der Waals surface area (Å²) < 4.78 is 43.9. The van der Waals surface area contributed by atoms with E-state index in [0.717, 1.165) is 12.0 Å². The number of rotatable bonds is 1. The number of halogens is 3. The molecule has 0 atom stereocenters. The molecule has 0 spiro atoms. The highest BCUT2D eigenvalue weighted by Gasteiger charge is 2.33. The number of anilines is 1. The second kappa shape index (κ2) is 4.95. The van der Waals surface area contributed by atoms with Crippen LogP contribution < -0.4 is 4.90 Å². The lowest BCUT2D eigenvalue weighted by atomic mass is 10.1. The third-order valence-electron chi connectivity index (χ3n) is 4.42. The lowest BCUT2D eigenvalue weighted by Gasteiger charge is -2.30. The van der Waals surface area contributed by atoms with E-state index >= 15 is 0 Å². The molecule has 4 heterocycles. The van der Waals surface area contributed by atoms with Gasteiger partial charge in [0.15, 0.2) is 0 Å². The van der Waals surface area contributed by atoms with Crippen molar-refractivity contribution in [3.63, 3.8) is 0 Å². The fourth-order valence-electron chi connectivity index (χ4n) is 3.38. The lowest BCUT2D eigenvalue weighted by Crippen LogP contribution is -2.39. The minimum absolute atomic E-state index is 0.0813. The van der Waals surface area contributed by atoms with Crippen LogP contribution in [0.2, 0.25) is 0 Å². The molecule has 0 saturated heterocycles. The van der Waals surface area contributed by atoms with Gasteiger partial charge in [-0.25, -0.2) is 22.8 Å². The summed E-state index contributed by atoms with van der Waals surface area (Å²) in [5.74, 6) is -2.20. The van der Waals surface area contributed by atoms with E-state index in [1.165, 1.54) is 6.20 Å². The molecule has 0 amide bonds. The average Bonchev–Trinajstić information content (AvgIpc) is 3.16. The molecule has 126 valence electrons. The zero-order chi connectivity index (χ0) is 17.1. The molecule has 0 fully saturated rings. The van der Waals surface area contributed by atoms with Crippen LogP contribution in [0.4, 0.5) is 24.7 Å². The Morgan fingerprint density at radius 1 is 1.04 bits per heavy atom. The van der Waals surface area contributed by atoms with Crippen molar-refractivity contribution in [1.29, 1.82) is 0 Å². The quantitative estimate of drug-likeness (QED) is 0.738. The van der Waals surface area contributed by atoms with Gasteiger partial charge in [-0.2, -0.15) is 10.2 Å². The molecule has 0 unspecified atom stereocenters. The lowest BCUT2D eigenvalue weighted by molar-refractivity contribution is 0.533. The second-order valence-corrected chi connectivity index (χ2v) is 5.92. The number of aromatic nitrogens is 4. The van der Waals surface area contributed by atoms with Gasteiger partial charge < -0.3 is 4.90 Å². The van der Waals surface area contributed by atoms with Gasteiger partial charge in [-0.15, -0.1) is 0 Å². The number of benzene rings is 1. The molecule has 2 aromatic heterocycles. The Morgan fingerprint density at radius 2 is 1.84 bits per heavy atom. The molecule has 0 saturated carbocycles. The number of H-pyrrole nitrogens is 1. The van der Waals surface area contributed by atoms with Crippen LogP contribution in [0.1, 0.15) is 12.0 Å². The smallest absolute Gasteiger partial charge is 0.148 e. The number of hydrogen-bond donors (Lipinski definition) is 1. The Morgan fingerprint density at radius 3 is 2.64 bits per heavy atom. The Kier molecular flexibility index (Phi) is 2.82. The maximum Gasteiger partial charge on any atom is 0.148 e. The van der Waals surface area contributed by atoms with E-state index < -0.39 is 17.5 Å². The van der Waals surface area contributed by atoms with E-state index in [-0.39, 0.29) is 11.4 Å². The summed E-state index contributed by atoms with van der Waals surface area (Å²) in [6.07, 6.45) is 3.90. The van der Waals surface area contributed by atoms with Gasteiger partial charge in [0.2, 0.25) is 0 Å². The zero-order valence-corrected chi connectivity index (χ0v) is 12.8. The average molecular weight is 344 g/mol. The first-order valence-electron chi connectivity index (χ1n) is 7.74. The molecule has 0 bridgehead atoms.